The molecule has 60 valence electrons. The topological polar surface area (TPSA) is 26.3 Å². The minimum atomic E-state index is -0.336. The van der Waals surface area contributed by atoms with Gasteiger partial charge in [0.15, 0.2) is 0 Å². The van der Waals surface area contributed by atoms with Gasteiger partial charge in [0.1, 0.15) is 6.10 Å². The molecule has 0 radical (unpaired) electrons. The summed E-state index contributed by atoms with van der Waals surface area (Å²) >= 11 is 5.43. The van der Waals surface area contributed by atoms with E-state index >= 15 is 0 Å². The average molecular weight is 173 g/mol. The largest absolute Gasteiger partial charge is 0.458 e. The van der Waals surface area contributed by atoms with Crippen LogP contribution in [0, 0.1) is 5.92 Å². The van der Waals surface area contributed by atoms with Crippen molar-refractivity contribution in [3.05, 3.63) is 23.8 Å². The molecule has 1 aliphatic rings. The van der Waals surface area contributed by atoms with Crippen molar-refractivity contribution in [3.8, 4) is 0 Å². The minimum absolute atomic E-state index is 0.0556. The molecule has 1 saturated heterocycles. The maximum absolute atomic E-state index is 11.0. The number of rotatable bonds is 1. The Balaban J connectivity index is 2.92. The van der Waals surface area contributed by atoms with E-state index in [0.29, 0.717) is 5.57 Å². The number of carbonyl (C=O) groups excluding carboxylic acids is 1. The Labute approximate surface area is 70.5 Å². The fourth-order valence-electron chi connectivity index (χ4n) is 1.14. The van der Waals surface area contributed by atoms with Gasteiger partial charge < -0.3 is 4.74 Å². The van der Waals surface area contributed by atoms with Gasteiger partial charge in [0.05, 0.1) is 5.57 Å². The lowest BCUT2D eigenvalue weighted by Gasteiger charge is -2.05. The van der Waals surface area contributed by atoms with Crippen molar-refractivity contribution in [1.82, 2.24) is 0 Å². The molecule has 0 aromatic carbocycles. The first-order valence-corrected chi connectivity index (χ1v) is 3.78. The van der Waals surface area contributed by atoms with Crippen LogP contribution in [0.15, 0.2) is 23.8 Å². The predicted molar refractivity (Wildman–Crippen MR) is 43.2 cm³/mol. The van der Waals surface area contributed by atoms with Crippen LogP contribution in [-0.4, -0.2) is 12.1 Å². The SMILES string of the molecule is C=C[C@H]1/C(=C/Cl)C(=O)O[C@H]1C. The molecule has 11 heavy (non-hydrogen) atoms. The van der Waals surface area contributed by atoms with Gasteiger partial charge in [0.2, 0.25) is 0 Å². The van der Waals surface area contributed by atoms with Crippen LogP contribution in [0.3, 0.4) is 0 Å². The van der Waals surface area contributed by atoms with Gasteiger partial charge in [0.25, 0.3) is 0 Å². The molecular weight excluding hydrogens is 164 g/mol. The van der Waals surface area contributed by atoms with Crippen molar-refractivity contribution in [1.29, 1.82) is 0 Å². The number of halogens is 1. The summed E-state index contributed by atoms with van der Waals surface area (Å²) in [6, 6.07) is 0. The van der Waals surface area contributed by atoms with E-state index in [-0.39, 0.29) is 18.0 Å². The van der Waals surface area contributed by atoms with E-state index in [2.05, 4.69) is 6.58 Å². The Morgan fingerprint density at radius 2 is 2.36 bits per heavy atom. The van der Waals surface area contributed by atoms with Crippen molar-refractivity contribution in [2.24, 2.45) is 5.92 Å². The van der Waals surface area contributed by atoms with E-state index in [4.69, 9.17) is 16.3 Å². The lowest BCUT2D eigenvalue weighted by molar-refractivity contribution is -0.138. The smallest absolute Gasteiger partial charge is 0.335 e. The molecule has 0 bridgehead atoms. The summed E-state index contributed by atoms with van der Waals surface area (Å²) in [5, 5.41) is 0. The molecular formula is C8H9ClO2. The van der Waals surface area contributed by atoms with Crippen LogP contribution in [-0.2, 0) is 9.53 Å². The first-order chi connectivity index (χ1) is 5.20. The summed E-state index contributed by atoms with van der Waals surface area (Å²) in [5.41, 5.74) is 1.76. The summed E-state index contributed by atoms with van der Waals surface area (Å²) < 4.78 is 4.91. The van der Waals surface area contributed by atoms with Crippen molar-refractivity contribution < 1.29 is 9.53 Å². The molecule has 0 aromatic rings. The Bertz CT molecular complexity index is 220. The van der Waals surface area contributed by atoms with Crippen molar-refractivity contribution in [2.75, 3.05) is 0 Å². The van der Waals surface area contributed by atoms with Gasteiger partial charge in [0, 0.05) is 11.5 Å². The van der Waals surface area contributed by atoms with Crippen LogP contribution in [0.25, 0.3) is 0 Å². The summed E-state index contributed by atoms with van der Waals surface area (Å²) in [4.78, 5) is 11.0. The maximum Gasteiger partial charge on any atom is 0.335 e. The Morgan fingerprint density at radius 3 is 2.73 bits per heavy atom. The zero-order chi connectivity index (χ0) is 8.43. The molecule has 2 atom stereocenters. The fourth-order valence-corrected chi connectivity index (χ4v) is 1.37. The van der Waals surface area contributed by atoms with Crippen molar-refractivity contribution in [2.45, 2.75) is 13.0 Å². The molecule has 2 nitrogen and oxygen atoms in total. The second-order valence-corrected chi connectivity index (χ2v) is 2.65. The van der Waals surface area contributed by atoms with E-state index in [0.717, 1.165) is 0 Å². The standard InChI is InChI=1S/C8H9ClO2/c1-3-6-5(2)11-8(10)7(6)4-9/h3-6H,1H2,2H3/b7-4-/t5-,6+/m0/s1. The van der Waals surface area contributed by atoms with Gasteiger partial charge in [-0.25, -0.2) is 4.79 Å². The highest BCUT2D eigenvalue weighted by atomic mass is 35.5. The minimum Gasteiger partial charge on any atom is -0.458 e. The molecule has 0 aliphatic carbocycles. The van der Waals surface area contributed by atoms with E-state index < -0.39 is 0 Å². The second kappa shape index (κ2) is 3.09. The number of carbonyl (C=O) groups is 1. The fraction of sp³-hybridized carbons (Fsp3) is 0.375. The van der Waals surface area contributed by atoms with Gasteiger partial charge in [-0.15, -0.1) is 6.58 Å². The molecule has 1 aliphatic heterocycles. The quantitative estimate of drug-likeness (QED) is 0.343. The van der Waals surface area contributed by atoms with Gasteiger partial charge in [-0.2, -0.15) is 0 Å². The number of cyclic esters (lactones) is 1. The number of hydrogen-bond acceptors (Lipinski definition) is 2. The molecule has 1 rings (SSSR count). The van der Waals surface area contributed by atoms with E-state index in [1.54, 1.807) is 6.08 Å². The van der Waals surface area contributed by atoms with Crippen LogP contribution in [0.2, 0.25) is 0 Å². The lowest BCUT2D eigenvalue weighted by atomic mass is 9.99. The lowest BCUT2D eigenvalue weighted by Crippen LogP contribution is -2.08. The van der Waals surface area contributed by atoms with Gasteiger partial charge in [-0.3, -0.25) is 0 Å². The third-order valence-electron chi connectivity index (χ3n) is 1.76. The maximum atomic E-state index is 11.0. The first-order valence-electron chi connectivity index (χ1n) is 3.34. The zero-order valence-electron chi connectivity index (χ0n) is 6.21. The molecule has 3 heteroatoms. The highest BCUT2D eigenvalue weighted by Crippen LogP contribution is 2.28. The van der Waals surface area contributed by atoms with Gasteiger partial charge in [-0.05, 0) is 6.92 Å². The summed E-state index contributed by atoms with van der Waals surface area (Å²) in [7, 11) is 0. The molecule has 0 unspecified atom stereocenters. The van der Waals surface area contributed by atoms with Crippen molar-refractivity contribution >= 4 is 17.6 Å². The third-order valence-corrected chi connectivity index (χ3v) is 2.00. The summed E-state index contributed by atoms with van der Waals surface area (Å²) in [5.74, 6) is -0.391. The number of ether oxygens (including phenoxy) is 1. The van der Waals surface area contributed by atoms with Crippen LogP contribution in [0.5, 0.6) is 0 Å². The monoisotopic (exact) mass is 172 g/mol. The average Bonchev–Trinajstić information content (AvgIpc) is 2.24. The highest BCUT2D eigenvalue weighted by molar-refractivity contribution is 6.27. The van der Waals surface area contributed by atoms with Crippen molar-refractivity contribution in [3.63, 3.8) is 0 Å². The molecule has 0 aromatic heterocycles. The number of esters is 1. The molecule has 1 heterocycles. The van der Waals surface area contributed by atoms with Crippen LogP contribution >= 0.6 is 11.6 Å². The first kappa shape index (κ1) is 8.34. The van der Waals surface area contributed by atoms with Crippen LogP contribution in [0.1, 0.15) is 6.92 Å². The zero-order valence-corrected chi connectivity index (χ0v) is 6.97. The second-order valence-electron chi connectivity index (χ2n) is 2.44. The molecule has 0 saturated carbocycles. The Hall–Kier alpha value is -0.760. The van der Waals surface area contributed by atoms with E-state index in [1.807, 2.05) is 6.92 Å². The summed E-state index contributed by atoms with van der Waals surface area (Å²) in [6.07, 6.45) is 1.54. The van der Waals surface area contributed by atoms with Crippen LogP contribution < -0.4 is 0 Å². The normalized spacial score (nSPS) is 34.0. The van der Waals surface area contributed by atoms with Gasteiger partial charge in [-0.1, -0.05) is 17.7 Å². The third kappa shape index (κ3) is 1.31. The Kier molecular flexibility index (Phi) is 2.35. The van der Waals surface area contributed by atoms with Crippen LogP contribution in [0.4, 0.5) is 0 Å². The summed E-state index contributed by atoms with van der Waals surface area (Å²) in [6.45, 7) is 5.41. The molecule has 0 amide bonds. The highest BCUT2D eigenvalue weighted by Gasteiger charge is 2.34. The number of hydrogen-bond donors (Lipinski definition) is 0. The predicted octanol–water partition coefficient (Wildman–Crippen LogP) is 1.86. The van der Waals surface area contributed by atoms with E-state index in [1.165, 1.54) is 5.54 Å². The molecule has 1 fully saturated rings. The van der Waals surface area contributed by atoms with E-state index in [9.17, 15) is 4.79 Å². The molecule has 0 N–H and O–H groups in total. The molecule has 0 spiro atoms. The Morgan fingerprint density at radius 1 is 1.73 bits per heavy atom. The van der Waals surface area contributed by atoms with Gasteiger partial charge >= 0.3 is 5.97 Å².